The van der Waals surface area contributed by atoms with Crippen LogP contribution in [0.25, 0.3) is 11.1 Å². The number of halogens is 3. The van der Waals surface area contributed by atoms with Crippen molar-refractivity contribution >= 4 is 45.9 Å². The van der Waals surface area contributed by atoms with Crippen LogP contribution in [0.4, 0.5) is 0 Å². The predicted molar refractivity (Wildman–Crippen MR) is 104 cm³/mol. The lowest BCUT2D eigenvalue weighted by molar-refractivity contribution is 0.340. The van der Waals surface area contributed by atoms with Crippen LogP contribution < -0.4 is 4.74 Å². The first-order valence-corrected chi connectivity index (χ1v) is 9.01. The summed E-state index contributed by atoms with van der Waals surface area (Å²) < 4.78 is 5.50. The second-order valence-corrected chi connectivity index (χ2v) is 6.73. The van der Waals surface area contributed by atoms with E-state index in [2.05, 4.69) is 18.2 Å². The van der Waals surface area contributed by atoms with Gasteiger partial charge in [0, 0.05) is 0 Å². The average Bonchev–Trinajstić information content (AvgIpc) is 2.59. The maximum atomic E-state index is 6.71. The van der Waals surface area contributed by atoms with Crippen LogP contribution in [0, 0.1) is 0 Å². The first-order chi connectivity index (χ1) is 11.6. The van der Waals surface area contributed by atoms with E-state index in [1.807, 2.05) is 31.2 Å². The second kappa shape index (κ2) is 7.65. The van der Waals surface area contributed by atoms with Gasteiger partial charge >= 0.3 is 0 Å². The van der Waals surface area contributed by atoms with Gasteiger partial charge in [-0.05, 0) is 66.3 Å². The van der Waals surface area contributed by atoms with Gasteiger partial charge in [-0.3, -0.25) is 0 Å². The summed E-state index contributed by atoms with van der Waals surface area (Å²) in [5.41, 5.74) is 4.25. The monoisotopic (exact) mass is 378 g/mol. The maximum absolute atomic E-state index is 6.71. The first-order valence-electron chi connectivity index (χ1n) is 7.88. The van der Waals surface area contributed by atoms with Crippen LogP contribution in [0.2, 0.25) is 10.0 Å². The standard InChI is InChI=1S/C20H17Cl3O/c1-2-24-15-9-6-13(7-10-15)16-4-3-5-17(20(16)23)14-8-11-18(21)19(22)12-14/h5-12H,2-4H2,1H3. The molecule has 0 unspecified atom stereocenters. The van der Waals surface area contributed by atoms with Gasteiger partial charge in [-0.2, -0.15) is 0 Å². The second-order valence-electron chi connectivity index (χ2n) is 5.54. The number of ether oxygens (including phenoxy) is 1. The summed E-state index contributed by atoms with van der Waals surface area (Å²) in [6.07, 6.45) is 4.01. The molecule has 0 saturated carbocycles. The number of benzene rings is 2. The van der Waals surface area contributed by atoms with Crippen molar-refractivity contribution in [1.82, 2.24) is 0 Å². The van der Waals surface area contributed by atoms with E-state index in [1.165, 1.54) is 0 Å². The summed E-state index contributed by atoms with van der Waals surface area (Å²) >= 11 is 18.9. The Morgan fingerprint density at radius 2 is 1.62 bits per heavy atom. The van der Waals surface area contributed by atoms with Crippen LogP contribution in [-0.4, -0.2) is 6.61 Å². The van der Waals surface area contributed by atoms with Crippen LogP contribution in [0.3, 0.4) is 0 Å². The van der Waals surface area contributed by atoms with E-state index >= 15 is 0 Å². The molecule has 0 saturated heterocycles. The molecule has 0 fully saturated rings. The molecule has 2 aromatic rings. The van der Waals surface area contributed by atoms with E-state index < -0.39 is 0 Å². The molecular weight excluding hydrogens is 363 g/mol. The Kier molecular flexibility index (Phi) is 5.55. The molecule has 0 aromatic heterocycles. The van der Waals surface area contributed by atoms with E-state index in [4.69, 9.17) is 39.5 Å². The molecule has 0 atom stereocenters. The fourth-order valence-electron chi connectivity index (χ4n) is 2.82. The van der Waals surface area contributed by atoms with Gasteiger partial charge in [-0.15, -0.1) is 0 Å². The van der Waals surface area contributed by atoms with Crippen molar-refractivity contribution in [2.75, 3.05) is 6.61 Å². The third-order valence-corrected chi connectivity index (χ3v) is 5.16. The van der Waals surface area contributed by atoms with Crippen LogP contribution in [0.5, 0.6) is 5.75 Å². The first kappa shape index (κ1) is 17.4. The van der Waals surface area contributed by atoms with Gasteiger partial charge in [0.15, 0.2) is 0 Å². The molecule has 0 aliphatic heterocycles. The summed E-state index contributed by atoms with van der Waals surface area (Å²) in [5.74, 6) is 0.869. The molecule has 24 heavy (non-hydrogen) atoms. The van der Waals surface area contributed by atoms with Gasteiger partial charge in [0.05, 0.1) is 21.7 Å². The van der Waals surface area contributed by atoms with Crippen molar-refractivity contribution in [2.24, 2.45) is 0 Å². The van der Waals surface area contributed by atoms with Gasteiger partial charge in [-0.25, -0.2) is 0 Å². The highest BCUT2D eigenvalue weighted by molar-refractivity contribution is 6.43. The minimum Gasteiger partial charge on any atom is -0.494 e. The van der Waals surface area contributed by atoms with Crippen LogP contribution >= 0.6 is 34.8 Å². The zero-order valence-electron chi connectivity index (χ0n) is 13.3. The van der Waals surface area contributed by atoms with Gasteiger partial charge < -0.3 is 4.74 Å². The Balaban J connectivity index is 1.96. The number of hydrogen-bond donors (Lipinski definition) is 0. The lowest BCUT2D eigenvalue weighted by Crippen LogP contribution is -1.98. The lowest BCUT2D eigenvalue weighted by atomic mass is 9.90. The summed E-state index contributed by atoms with van der Waals surface area (Å²) in [5, 5.41) is 1.85. The third-order valence-electron chi connectivity index (χ3n) is 3.99. The molecule has 2 aromatic carbocycles. The molecule has 124 valence electrons. The normalized spacial score (nSPS) is 14.6. The van der Waals surface area contributed by atoms with Gasteiger partial charge in [0.1, 0.15) is 5.75 Å². The summed E-state index contributed by atoms with van der Waals surface area (Å²) in [6, 6.07) is 13.7. The zero-order valence-corrected chi connectivity index (χ0v) is 15.6. The van der Waals surface area contributed by atoms with Crippen LogP contribution in [0.15, 0.2) is 53.6 Å². The molecule has 0 amide bonds. The van der Waals surface area contributed by atoms with Crippen molar-refractivity contribution < 1.29 is 4.74 Å². The molecule has 1 aliphatic carbocycles. The van der Waals surface area contributed by atoms with Gasteiger partial charge in [0.25, 0.3) is 0 Å². The maximum Gasteiger partial charge on any atom is 0.119 e. The number of rotatable bonds is 4. The van der Waals surface area contributed by atoms with Gasteiger partial charge in [0.2, 0.25) is 0 Å². The van der Waals surface area contributed by atoms with Crippen LogP contribution in [-0.2, 0) is 0 Å². The minimum atomic E-state index is 0.535. The van der Waals surface area contributed by atoms with E-state index in [0.717, 1.165) is 45.9 Å². The largest absolute Gasteiger partial charge is 0.494 e. The fraction of sp³-hybridized carbons (Fsp3) is 0.200. The number of allylic oxidation sites excluding steroid dienone is 4. The third kappa shape index (κ3) is 3.64. The van der Waals surface area contributed by atoms with E-state index in [0.29, 0.717) is 16.7 Å². The Morgan fingerprint density at radius 3 is 2.29 bits per heavy atom. The Morgan fingerprint density at radius 1 is 0.917 bits per heavy atom. The summed E-state index contributed by atoms with van der Waals surface area (Å²) in [4.78, 5) is 0. The Hall–Kier alpha value is -1.41. The summed E-state index contributed by atoms with van der Waals surface area (Å²) in [6.45, 7) is 2.63. The molecular formula is C20H17Cl3O. The Bertz CT molecular complexity index is 804. The highest BCUT2D eigenvalue weighted by Gasteiger charge is 2.18. The average molecular weight is 380 g/mol. The van der Waals surface area contributed by atoms with E-state index in [-0.39, 0.29) is 0 Å². The van der Waals surface area contributed by atoms with Crippen molar-refractivity contribution in [1.29, 1.82) is 0 Å². The molecule has 0 bridgehead atoms. The van der Waals surface area contributed by atoms with Gasteiger partial charge in [-0.1, -0.05) is 59.1 Å². The fourth-order valence-corrected chi connectivity index (χ4v) is 3.51. The molecule has 1 nitrogen and oxygen atoms in total. The number of hydrogen-bond acceptors (Lipinski definition) is 1. The van der Waals surface area contributed by atoms with Crippen molar-refractivity contribution in [2.45, 2.75) is 19.8 Å². The highest BCUT2D eigenvalue weighted by Crippen LogP contribution is 2.41. The zero-order chi connectivity index (χ0) is 17.1. The van der Waals surface area contributed by atoms with Crippen molar-refractivity contribution in [3.8, 4) is 5.75 Å². The predicted octanol–water partition coefficient (Wildman–Crippen LogP) is 7.22. The summed E-state index contributed by atoms with van der Waals surface area (Å²) in [7, 11) is 0. The Labute approximate surface area is 157 Å². The molecule has 0 heterocycles. The van der Waals surface area contributed by atoms with Crippen molar-refractivity contribution in [3.63, 3.8) is 0 Å². The molecule has 0 N–H and O–H groups in total. The quantitative estimate of drug-likeness (QED) is 0.545. The van der Waals surface area contributed by atoms with E-state index in [9.17, 15) is 0 Å². The smallest absolute Gasteiger partial charge is 0.119 e. The SMILES string of the molecule is CCOc1ccc(C2=C(Cl)C(c3ccc(Cl)c(Cl)c3)=CCC2)cc1. The molecule has 1 aliphatic rings. The molecule has 0 spiro atoms. The highest BCUT2D eigenvalue weighted by atomic mass is 35.5. The molecule has 4 heteroatoms. The molecule has 3 rings (SSSR count). The van der Waals surface area contributed by atoms with Crippen molar-refractivity contribution in [3.05, 3.63) is 74.7 Å². The van der Waals surface area contributed by atoms with E-state index in [1.54, 1.807) is 6.07 Å². The topological polar surface area (TPSA) is 9.23 Å². The lowest BCUT2D eigenvalue weighted by Gasteiger charge is -2.19. The minimum absolute atomic E-state index is 0.535. The molecule has 0 radical (unpaired) electrons. The van der Waals surface area contributed by atoms with Crippen LogP contribution in [0.1, 0.15) is 30.9 Å².